The van der Waals surface area contributed by atoms with Gasteiger partial charge in [0.2, 0.25) is 11.8 Å². The van der Waals surface area contributed by atoms with Crippen LogP contribution in [-0.2, 0) is 19.4 Å². The molecule has 7 heteroatoms. The molecule has 2 amide bonds. The molecule has 2 aromatic carbocycles. The number of sulfone groups is 1. The molecule has 1 fully saturated rings. The van der Waals surface area contributed by atoms with Crippen LogP contribution < -0.4 is 10.6 Å². The molecule has 0 aromatic heterocycles. The fourth-order valence-corrected chi connectivity index (χ4v) is 7.05. The SMILES string of the molecule is Cc1cc(C)c(NC(=O)CNC(=O)C2(S(=O)(=O)c3cc(C)ccc3C)CCCC2)c(C)c1. The Morgan fingerprint density at radius 2 is 1.47 bits per heavy atom. The van der Waals surface area contributed by atoms with E-state index in [1.165, 1.54) is 0 Å². The van der Waals surface area contributed by atoms with E-state index < -0.39 is 20.5 Å². The molecule has 0 radical (unpaired) electrons. The van der Waals surface area contributed by atoms with Crippen LogP contribution in [0.5, 0.6) is 0 Å². The van der Waals surface area contributed by atoms with E-state index in [-0.39, 0.29) is 30.2 Å². The Morgan fingerprint density at radius 3 is 2.06 bits per heavy atom. The number of carbonyl (C=O) groups is 2. The molecule has 0 bridgehead atoms. The van der Waals surface area contributed by atoms with Gasteiger partial charge in [-0.2, -0.15) is 0 Å². The molecule has 2 N–H and O–H groups in total. The van der Waals surface area contributed by atoms with Crippen LogP contribution in [0, 0.1) is 34.6 Å². The molecule has 0 saturated heterocycles. The summed E-state index contributed by atoms with van der Waals surface area (Å²) in [6.45, 7) is 9.11. The molecule has 1 aliphatic rings. The summed E-state index contributed by atoms with van der Waals surface area (Å²) in [5, 5.41) is 5.46. The van der Waals surface area contributed by atoms with Crippen LogP contribution in [0.1, 0.15) is 53.5 Å². The third-order valence-electron chi connectivity index (χ3n) is 6.32. The van der Waals surface area contributed by atoms with E-state index in [2.05, 4.69) is 10.6 Å². The Balaban J connectivity index is 1.80. The zero-order valence-electron chi connectivity index (χ0n) is 19.5. The predicted molar refractivity (Wildman–Crippen MR) is 127 cm³/mol. The molecular formula is C25H32N2O4S. The first-order valence-electron chi connectivity index (χ1n) is 11.0. The second kappa shape index (κ2) is 9.06. The van der Waals surface area contributed by atoms with Gasteiger partial charge in [-0.25, -0.2) is 8.42 Å². The largest absolute Gasteiger partial charge is 0.346 e. The van der Waals surface area contributed by atoms with Gasteiger partial charge < -0.3 is 10.6 Å². The summed E-state index contributed by atoms with van der Waals surface area (Å²) < 4.78 is 25.8. The number of benzene rings is 2. The van der Waals surface area contributed by atoms with Gasteiger partial charge in [-0.3, -0.25) is 9.59 Å². The van der Waals surface area contributed by atoms with Crippen molar-refractivity contribution >= 4 is 27.3 Å². The Labute approximate surface area is 190 Å². The smallest absolute Gasteiger partial charge is 0.243 e. The lowest BCUT2D eigenvalue weighted by Gasteiger charge is -2.28. The molecule has 32 heavy (non-hydrogen) atoms. The van der Waals surface area contributed by atoms with Gasteiger partial charge in [-0.15, -0.1) is 0 Å². The van der Waals surface area contributed by atoms with Crippen LogP contribution in [0.3, 0.4) is 0 Å². The topological polar surface area (TPSA) is 92.3 Å². The minimum Gasteiger partial charge on any atom is -0.346 e. The van der Waals surface area contributed by atoms with Crippen LogP contribution in [0.25, 0.3) is 0 Å². The maximum absolute atomic E-state index is 13.7. The minimum absolute atomic E-state index is 0.199. The van der Waals surface area contributed by atoms with Crippen LogP contribution in [0.15, 0.2) is 35.2 Å². The van der Waals surface area contributed by atoms with E-state index in [9.17, 15) is 18.0 Å². The standard InChI is InChI=1S/C25H32N2O4S/c1-16-8-9-18(3)21(14-16)32(30,31)25(10-6-7-11-25)24(29)26-15-22(28)27-23-19(4)12-17(2)13-20(23)5/h8-9,12-14H,6-7,10-11,15H2,1-5H3,(H,26,29)(H,27,28). The highest BCUT2D eigenvalue weighted by Crippen LogP contribution is 2.41. The quantitative estimate of drug-likeness (QED) is 0.685. The zero-order chi connectivity index (χ0) is 23.7. The average Bonchev–Trinajstić information content (AvgIpc) is 3.22. The van der Waals surface area contributed by atoms with Crippen molar-refractivity contribution < 1.29 is 18.0 Å². The highest BCUT2D eigenvalue weighted by Gasteiger charge is 2.53. The van der Waals surface area contributed by atoms with Gasteiger partial charge in [0.1, 0.15) is 0 Å². The molecule has 1 aliphatic carbocycles. The van der Waals surface area contributed by atoms with E-state index in [0.717, 1.165) is 22.3 Å². The average molecular weight is 457 g/mol. The van der Waals surface area contributed by atoms with Crippen molar-refractivity contribution in [3.63, 3.8) is 0 Å². The monoisotopic (exact) mass is 456 g/mol. The molecule has 0 unspecified atom stereocenters. The molecule has 2 aromatic rings. The van der Waals surface area contributed by atoms with Crippen molar-refractivity contribution in [3.8, 4) is 0 Å². The van der Waals surface area contributed by atoms with E-state index in [0.29, 0.717) is 24.1 Å². The zero-order valence-corrected chi connectivity index (χ0v) is 20.3. The van der Waals surface area contributed by atoms with Crippen molar-refractivity contribution in [2.24, 2.45) is 0 Å². The van der Waals surface area contributed by atoms with Gasteiger partial charge in [-0.05, 0) is 75.8 Å². The normalized spacial score (nSPS) is 15.4. The third-order valence-corrected chi connectivity index (χ3v) is 8.96. The summed E-state index contributed by atoms with van der Waals surface area (Å²) in [5.41, 5.74) is 5.14. The van der Waals surface area contributed by atoms with E-state index >= 15 is 0 Å². The van der Waals surface area contributed by atoms with E-state index in [4.69, 9.17) is 0 Å². The van der Waals surface area contributed by atoms with E-state index in [1.54, 1.807) is 19.1 Å². The van der Waals surface area contributed by atoms with Gasteiger partial charge in [-0.1, -0.05) is 42.7 Å². The Kier molecular flexibility index (Phi) is 6.79. The van der Waals surface area contributed by atoms with Crippen LogP contribution >= 0.6 is 0 Å². The second-order valence-corrected chi connectivity index (χ2v) is 11.2. The summed E-state index contributed by atoms with van der Waals surface area (Å²) in [6.07, 6.45) is 1.83. The molecule has 0 spiro atoms. The molecule has 172 valence electrons. The maximum Gasteiger partial charge on any atom is 0.243 e. The van der Waals surface area contributed by atoms with Gasteiger partial charge in [0.25, 0.3) is 0 Å². The molecule has 0 heterocycles. The number of carbonyl (C=O) groups excluding carboxylic acids is 2. The van der Waals surface area contributed by atoms with Crippen molar-refractivity contribution in [1.82, 2.24) is 5.32 Å². The Bertz CT molecular complexity index is 1140. The second-order valence-electron chi connectivity index (χ2n) is 8.98. The molecular weight excluding hydrogens is 424 g/mol. The fourth-order valence-electron chi connectivity index (χ4n) is 4.65. The lowest BCUT2D eigenvalue weighted by atomic mass is 10.0. The lowest BCUT2D eigenvalue weighted by molar-refractivity contribution is -0.126. The van der Waals surface area contributed by atoms with E-state index in [1.807, 2.05) is 45.9 Å². The lowest BCUT2D eigenvalue weighted by Crippen LogP contribution is -2.52. The fraction of sp³-hybridized carbons (Fsp3) is 0.440. The van der Waals surface area contributed by atoms with Crippen molar-refractivity contribution in [2.45, 2.75) is 69.9 Å². The first kappa shape index (κ1) is 24.0. The summed E-state index contributed by atoms with van der Waals surface area (Å²) in [6, 6.07) is 9.21. The molecule has 0 atom stereocenters. The van der Waals surface area contributed by atoms with Crippen molar-refractivity contribution in [3.05, 3.63) is 58.1 Å². The highest BCUT2D eigenvalue weighted by molar-refractivity contribution is 7.93. The number of nitrogens with one attached hydrogen (secondary N) is 2. The number of rotatable bonds is 6. The molecule has 1 saturated carbocycles. The Hall–Kier alpha value is -2.67. The van der Waals surface area contributed by atoms with Crippen LogP contribution in [0.4, 0.5) is 5.69 Å². The third kappa shape index (κ3) is 4.44. The summed E-state index contributed by atoms with van der Waals surface area (Å²) >= 11 is 0. The molecule has 0 aliphatic heterocycles. The van der Waals surface area contributed by atoms with Crippen molar-refractivity contribution in [2.75, 3.05) is 11.9 Å². The predicted octanol–water partition coefficient (Wildman–Crippen LogP) is 4.07. The van der Waals surface area contributed by atoms with Gasteiger partial charge in [0.05, 0.1) is 11.4 Å². The Morgan fingerprint density at radius 1 is 0.875 bits per heavy atom. The summed E-state index contributed by atoms with van der Waals surface area (Å²) in [5.74, 6) is -0.978. The van der Waals surface area contributed by atoms with Crippen molar-refractivity contribution in [1.29, 1.82) is 0 Å². The number of hydrogen-bond acceptors (Lipinski definition) is 4. The number of anilines is 1. The summed E-state index contributed by atoms with van der Waals surface area (Å²) in [4.78, 5) is 26.0. The number of hydrogen-bond donors (Lipinski definition) is 2. The van der Waals surface area contributed by atoms with Gasteiger partial charge >= 0.3 is 0 Å². The van der Waals surface area contributed by atoms with Gasteiger partial charge in [0, 0.05) is 5.69 Å². The van der Waals surface area contributed by atoms with Crippen LogP contribution in [-0.4, -0.2) is 31.5 Å². The number of aryl methyl sites for hydroxylation is 5. The number of amides is 2. The highest BCUT2D eigenvalue weighted by atomic mass is 32.2. The molecule has 6 nitrogen and oxygen atoms in total. The molecule has 3 rings (SSSR count). The first-order valence-corrected chi connectivity index (χ1v) is 12.4. The van der Waals surface area contributed by atoms with Gasteiger partial charge in [0.15, 0.2) is 14.6 Å². The first-order chi connectivity index (χ1) is 15.0. The van der Waals surface area contributed by atoms with Crippen LogP contribution in [0.2, 0.25) is 0 Å². The maximum atomic E-state index is 13.7. The summed E-state index contributed by atoms with van der Waals surface area (Å²) in [7, 11) is -3.92. The minimum atomic E-state index is -3.92.